The number of carbonyl (C=O) groups is 1. The van der Waals surface area contributed by atoms with E-state index in [9.17, 15) is 36.2 Å². The van der Waals surface area contributed by atoms with E-state index in [0.717, 1.165) is 23.9 Å². The number of ether oxygens (including phenoxy) is 2. The van der Waals surface area contributed by atoms with Crippen molar-refractivity contribution in [2.24, 2.45) is 0 Å². The van der Waals surface area contributed by atoms with Crippen molar-refractivity contribution in [2.75, 3.05) is 38.3 Å². The van der Waals surface area contributed by atoms with Gasteiger partial charge in [0.2, 0.25) is 0 Å². The van der Waals surface area contributed by atoms with E-state index < -0.39 is 29.4 Å². The van der Waals surface area contributed by atoms with Crippen LogP contribution in [0.5, 0.6) is 5.75 Å². The van der Waals surface area contributed by atoms with Gasteiger partial charge < -0.3 is 19.5 Å². The lowest BCUT2D eigenvalue weighted by Gasteiger charge is -2.31. The van der Waals surface area contributed by atoms with Gasteiger partial charge >= 0.3 is 12.4 Å². The highest BCUT2D eigenvalue weighted by Crippen LogP contribution is 2.49. The maximum atomic E-state index is 13.2. The van der Waals surface area contributed by atoms with Gasteiger partial charge in [-0.05, 0) is 35.9 Å². The third-order valence-electron chi connectivity index (χ3n) is 5.96. The van der Waals surface area contributed by atoms with Crippen LogP contribution in [0, 0.1) is 0 Å². The first-order chi connectivity index (χ1) is 16.4. The maximum absolute atomic E-state index is 13.2. The van der Waals surface area contributed by atoms with Crippen LogP contribution in [-0.2, 0) is 16.8 Å². The van der Waals surface area contributed by atoms with Gasteiger partial charge in [0.05, 0.1) is 37.4 Å². The lowest BCUT2D eigenvalue weighted by molar-refractivity contribution is -0.377. The number of benzene rings is 1. The van der Waals surface area contributed by atoms with Crippen molar-refractivity contribution in [1.82, 2.24) is 4.98 Å². The van der Waals surface area contributed by atoms with Gasteiger partial charge in [0.25, 0.3) is 5.60 Å². The number of allylic oxidation sites excluding steroid dienone is 1. The SMILES string of the molecule is COc1cc2c(cc1N1CCOCC1)CC(=Cc1cccc(C(O)(C(F)(F)F)C(F)(F)F)n1)C2=O. The fourth-order valence-electron chi connectivity index (χ4n) is 4.12. The Kier molecular flexibility index (Phi) is 6.30. The molecule has 0 saturated carbocycles. The number of aromatic nitrogens is 1. The van der Waals surface area contributed by atoms with Gasteiger partial charge in [-0.25, -0.2) is 4.98 Å². The van der Waals surface area contributed by atoms with E-state index >= 15 is 0 Å². The molecule has 1 N–H and O–H groups in total. The van der Waals surface area contributed by atoms with Crippen molar-refractivity contribution < 1.29 is 45.7 Å². The minimum absolute atomic E-state index is 0.101. The summed E-state index contributed by atoms with van der Waals surface area (Å²) < 4.78 is 90.1. The molecule has 1 fully saturated rings. The number of nitrogens with zero attached hydrogens (tertiary/aromatic N) is 2. The molecule has 1 saturated heterocycles. The van der Waals surface area contributed by atoms with Crippen LogP contribution in [0.2, 0.25) is 0 Å². The molecular weight excluding hydrogens is 482 g/mol. The van der Waals surface area contributed by atoms with E-state index in [0.29, 0.717) is 49.2 Å². The molecule has 6 nitrogen and oxygen atoms in total. The first-order valence-corrected chi connectivity index (χ1v) is 10.5. The largest absolute Gasteiger partial charge is 0.495 e. The number of rotatable bonds is 4. The second kappa shape index (κ2) is 8.83. The van der Waals surface area contributed by atoms with E-state index in [-0.39, 0.29) is 17.7 Å². The van der Waals surface area contributed by atoms with Crippen LogP contribution < -0.4 is 9.64 Å². The fourth-order valence-corrected chi connectivity index (χ4v) is 4.12. The van der Waals surface area contributed by atoms with Crippen molar-refractivity contribution in [2.45, 2.75) is 24.4 Å². The molecule has 2 aliphatic rings. The number of anilines is 1. The molecule has 35 heavy (non-hydrogen) atoms. The minimum atomic E-state index is -6.06. The molecule has 1 aromatic heterocycles. The molecule has 0 atom stereocenters. The fraction of sp³-hybridized carbons (Fsp3) is 0.391. The molecule has 0 spiro atoms. The summed E-state index contributed by atoms with van der Waals surface area (Å²) in [7, 11) is 1.46. The number of fused-ring (bicyclic) bond motifs is 1. The van der Waals surface area contributed by atoms with Crippen molar-refractivity contribution in [3.8, 4) is 5.75 Å². The number of Topliss-reactive ketones (excluding diaryl/α,β-unsaturated/α-hetero) is 1. The summed E-state index contributed by atoms with van der Waals surface area (Å²) in [6.45, 7) is 2.27. The van der Waals surface area contributed by atoms with Crippen molar-refractivity contribution in [3.63, 3.8) is 0 Å². The smallest absolute Gasteiger partial charge is 0.432 e. The summed E-state index contributed by atoms with van der Waals surface area (Å²) in [6.07, 6.45) is -10.9. The first kappa shape index (κ1) is 25.0. The summed E-state index contributed by atoms with van der Waals surface area (Å²) >= 11 is 0. The zero-order valence-corrected chi connectivity index (χ0v) is 18.3. The van der Waals surface area contributed by atoms with Crippen molar-refractivity contribution in [1.29, 1.82) is 0 Å². The Balaban J connectivity index is 1.70. The lowest BCUT2D eigenvalue weighted by atomic mass is 9.97. The number of aliphatic hydroxyl groups is 1. The van der Waals surface area contributed by atoms with Crippen LogP contribution in [0.15, 0.2) is 35.9 Å². The van der Waals surface area contributed by atoms with E-state index in [1.807, 2.05) is 4.90 Å². The molecule has 12 heteroatoms. The molecule has 2 heterocycles. The Morgan fingerprint density at radius 2 is 1.74 bits per heavy atom. The molecule has 188 valence electrons. The molecule has 1 aliphatic heterocycles. The van der Waals surface area contributed by atoms with Gasteiger partial charge in [0, 0.05) is 30.6 Å². The van der Waals surface area contributed by atoms with Crippen LogP contribution in [0.4, 0.5) is 32.0 Å². The number of pyridine rings is 1. The highest BCUT2D eigenvalue weighted by Gasteiger charge is 2.72. The Morgan fingerprint density at radius 3 is 2.34 bits per heavy atom. The molecule has 1 aromatic carbocycles. The third kappa shape index (κ3) is 4.36. The van der Waals surface area contributed by atoms with E-state index in [1.165, 1.54) is 7.11 Å². The van der Waals surface area contributed by atoms with E-state index in [1.54, 1.807) is 12.1 Å². The zero-order chi connectivity index (χ0) is 25.6. The number of halogens is 6. The van der Waals surface area contributed by atoms with Crippen LogP contribution in [0.3, 0.4) is 0 Å². The number of ketones is 1. The number of hydrogen-bond donors (Lipinski definition) is 1. The molecule has 2 aromatic rings. The summed E-state index contributed by atoms with van der Waals surface area (Å²) in [5.41, 5.74) is -5.27. The van der Waals surface area contributed by atoms with Crippen LogP contribution >= 0.6 is 0 Å². The zero-order valence-electron chi connectivity index (χ0n) is 18.3. The molecule has 0 bridgehead atoms. The number of alkyl halides is 6. The standard InChI is InChI=1S/C23H20F6N2O4/c1-34-18-12-16-13(11-17(18)31-5-7-35-8-6-31)9-14(20(16)32)10-15-3-2-4-19(30-15)21(33,22(24,25)26)23(27,28)29/h2-4,10-12,33H,5-9H2,1H3. The monoisotopic (exact) mass is 502 g/mol. The average Bonchev–Trinajstić information content (AvgIpc) is 3.11. The summed E-state index contributed by atoms with van der Waals surface area (Å²) in [5.74, 6) is 0.0155. The second-order valence-corrected chi connectivity index (χ2v) is 8.11. The van der Waals surface area contributed by atoms with Gasteiger partial charge in [0.1, 0.15) is 5.75 Å². The lowest BCUT2D eigenvalue weighted by Crippen LogP contribution is -2.54. The number of hydrogen-bond acceptors (Lipinski definition) is 6. The van der Waals surface area contributed by atoms with Gasteiger partial charge in [-0.15, -0.1) is 0 Å². The highest BCUT2D eigenvalue weighted by molar-refractivity contribution is 6.16. The predicted octanol–water partition coefficient (Wildman–Crippen LogP) is 4.06. The number of morpholine rings is 1. The van der Waals surface area contributed by atoms with Gasteiger partial charge in [0.15, 0.2) is 5.78 Å². The van der Waals surface area contributed by atoms with Gasteiger partial charge in [-0.3, -0.25) is 4.79 Å². The molecule has 0 unspecified atom stereocenters. The normalized spacial score (nSPS) is 18.2. The summed E-state index contributed by atoms with van der Waals surface area (Å²) in [4.78, 5) is 18.4. The van der Waals surface area contributed by atoms with E-state index in [4.69, 9.17) is 9.47 Å². The Hall–Kier alpha value is -3.12. The molecular formula is C23H20F6N2O4. The number of methoxy groups -OCH3 is 1. The van der Waals surface area contributed by atoms with Crippen molar-refractivity contribution in [3.05, 3.63) is 58.4 Å². The average molecular weight is 502 g/mol. The Labute approximate surface area is 195 Å². The van der Waals surface area contributed by atoms with Crippen LogP contribution in [0.1, 0.15) is 27.3 Å². The minimum Gasteiger partial charge on any atom is -0.495 e. The number of carbonyl (C=O) groups excluding carboxylic acids is 1. The van der Waals surface area contributed by atoms with Crippen LogP contribution in [-0.4, -0.2) is 61.6 Å². The third-order valence-corrected chi connectivity index (χ3v) is 5.96. The summed E-state index contributed by atoms with van der Waals surface area (Å²) in [5, 5.41) is 9.62. The Bertz CT molecular complexity index is 1160. The second-order valence-electron chi connectivity index (χ2n) is 8.11. The summed E-state index contributed by atoms with van der Waals surface area (Å²) in [6, 6.07) is 5.85. The molecule has 0 amide bonds. The molecule has 4 rings (SSSR count). The topological polar surface area (TPSA) is 71.9 Å². The first-order valence-electron chi connectivity index (χ1n) is 10.5. The Morgan fingerprint density at radius 1 is 1.09 bits per heavy atom. The van der Waals surface area contributed by atoms with Gasteiger partial charge in [-0.1, -0.05) is 6.07 Å². The molecule has 0 radical (unpaired) electrons. The quantitative estimate of drug-likeness (QED) is 0.503. The van der Waals surface area contributed by atoms with Gasteiger partial charge in [-0.2, -0.15) is 26.3 Å². The highest BCUT2D eigenvalue weighted by atomic mass is 19.4. The maximum Gasteiger partial charge on any atom is 0.432 e. The molecule has 1 aliphatic carbocycles. The predicted molar refractivity (Wildman–Crippen MR) is 112 cm³/mol. The van der Waals surface area contributed by atoms with E-state index in [2.05, 4.69) is 4.98 Å². The van der Waals surface area contributed by atoms with Crippen molar-refractivity contribution >= 4 is 17.5 Å². The van der Waals surface area contributed by atoms with Crippen LogP contribution in [0.25, 0.3) is 6.08 Å².